The number of anilines is 1. The van der Waals surface area contributed by atoms with Gasteiger partial charge in [-0.3, -0.25) is 9.59 Å². The second kappa shape index (κ2) is 13.1. The molecule has 1 fully saturated rings. The summed E-state index contributed by atoms with van der Waals surface area (Å²) in [5, 5.41) is 0. The van der Waals surface area contributed by atoms with Crippen LogP contribution in [0, 0.1) is 5.82 Å². The Morgan fingerprint density at radius 1 is 0.953 bits per heavy atom. The topological polar surface area (TPSA) is 79.4 Å². The number of methoxy groups -OCH3 is 1. The molecule has 0 N–H and O–H groups in total. The number of esters is 1. The molecule has 224 valence electrons. The molecule has 2 amide bonds. The highest BCUT2D eigenvalue weighted by Gasteiger charge is 2.37. The summed E-state index contributed by atoms with van der Waals surface area (Å²) in [6.07, 6.45) is 0.0498. The second-order valence-corrected chi connectivity index (χ2v) is 10.7. The van der Waals surface area contributed by atoms with Crippen LogP contribution in [0.4, 0.5) is 10.1 Å². The molecule has 43 heavy (non-hydrogen) atoms. The zero-order valence-corrected chi connectivity index (χ0v) is 24.7. The van der Waals surface area contributed by atoms with Gasteiger partial charge in [0.15, 0.2) is 0 Å². The van der Waals surface area contributed by atoms with Crippen LogP contribution < -0.4 is 9.64 Å². The average Bonchev–Trinajstić information content (AvgIpc) is 3.03. The number of carbonyl (C=O) groups is 3. The van der Waals surface area contributed by atoms with Gasteiger partial charge in [0, 0.05) is 55.5 Å². The molecule has 3 aromatic carbocycles. The number of hydrogen-bond acceptors (Lipinski definition) is 6. The third-order valence-electron chi connectivity index (χ3n) is 8.11. The molecule has 0 aromatic heterocycles. The molecule has 9 heteroatoms. The van der Waals surface area contributed by atoms with Gasteiger partial charge in [-0.2, -0.15) is 0 Å². The molecule has 1 saturated heterocycles. The number of nitrogens with zero attached hydrogens (tertiary/aromatic N) is 3. The fourth-order valence-corrected chi connectivity index (χ4v) is 5.79. The fraction of sp³-hybridized carbons (Fsp3) is 0.324. The molecule has 2 aliphatic heterocycles. The van der Waals surface area contributed by atoms with Crippen molar-refractivity contribution in [3.8, 4) is 5.75 Å². The van der Waals surface area contributed by atoms with E-state index in [2.05, 4.69) is 4.90 Å². The number of hydrogen-bond donors (Lipinski definition) is 0. The predicted octanol–water partition coefficient (Wildman–Crippen LogP) is 5.15. The Labute approximate surface area is 251 Å². The van der Waals surface area contributed by atoms with Crippen LogP contribution in [0.5, 0.6) is 5.75 Å². The lowest BCUT2D eigenvalue weighted by atomic mass is 9.83. The van der Waals surface area contributed by atoms with Gasteiger partial charge in [-0.1, -0.05) is 24.3 Å². The van der Waals surface area contributed by atoms with Gasteiger partial charge < -0.3 is 24.2 Å². The maximum absolute atomic E-state index is 13.6. The first kappa shape index (κ1) is 29.8. The summed E-state index contributed by atoms with van der Waals surface area (Å²) in [5.74, 6) is -0.834. The molecule has 8 nitrogen and oxygen atoms in total. The second-order valence-electron chi connectivity index (χ2n) is 10.7. The highest BCUT2D eigenvalue weighted by atomic mass is 19.1. The summed E-state index contributed by atoms with van der Waals surface area (Å²) in [7, 11) is 1.64. The zero-order valence-electron chi connectivity index (χ0n) is 24.7. The summed E-state index contributed by atoms with van der Waals surface area (Å²) in [4.78, 5) is 45.6. The van der Waals surface area contributed by atoms with Gasteiger partial charge in [0.05, 0.1) is 25.8 Å². The van der Waals surface area contributed by atoms with Gasteiger partial charge in [-0.25, -0.2) is 9.18 Å². The number of benzene rings is 3. The van der Waals surface area contributed by atoms with Crippen LogP contribution >= 0.6 is 0 Å². The number of amides is 2. The van der Waals surface area contributed by atoms with Crippen LogP contribution in [0.3, 0.4) is 0 Å². The van der Waals surface area contributed by atoms with E-state index >= 15 is 0 Å². The number of halogens is 1. The van der Waals surface area contributed by atoms with E-state index in [1.54, 1.807) is 44.1 Å². The number of piperazine rings is 1. The average molecular weight is 586 g/mol. The summed E-state index contributed by atoms with van der Waals surface area (Å²) >= 11 is 0. The van der Waals surface area contributed by atoms with Crippen molar-refractivity contribution in [1.29, 1.82) is 0 Å². The van der Waals surface area contributed by atoms with E-state index in [0.29, 0.717) is 35.5 Å². The van der Waals surface area contributed by atoms with E-state index in [1.807, 2.05) is 47.4 Å². The monoisotopic (exact) mass is 585 g/mol. The fourth-order valence-electron chi connectivity index (χ4n) is 5.79. The van der Waals surface area contributed by atoms with Gasteiger partial charge >= 0.3 is 5.97 Å². The SMILES string of the molecule is CCOC(=O)C1=C(C)N(Cc2cccc(C(=O)N3CCN(c4ccc(OC)cc4)CC3)c2)C(=O)CC1c1ccc(F)cc1. The Morgan fingerprint density at radius 2 is 1.65 bits per heavy atom. The van der Waals surface area contributed by atoms with E-state index in [9.17, 15) is 18.8 Å². The highest BCUT2D eigenvalue weighted by Crippen LogP contribution is 2.38. The van der Waals surface area contributed by atoms with Crippen LogP contribution in [-0.2, 0) is 20.9 Å². The standard InChI is InChI=1S/C34H36FN3O5/c1-4-43-34(41)32-23(2)38(31(39)21-30(32)25-8-10-27(35)11-9-25)22-24-6-5-7-26(20-24)33(40)37-18-16-36(17-19-37)28-12-14-29(42-3)15-13-28/h5-15,20,30H,4,16-19,21-22H2,1-3H3. The molecule has 0 spiro atoms. The van der Waals surface area contributed by atoms with E-state index in [1.165, 1.54) is 12.1 Å². The van der Waals surface area contributed by atoms with Crippen LogP contribution in [-0.4, -0.2) is 67.5 Å². The van der Waals surface area contributed by atoms with Crippen molar-refractivity contribution in [2.75, 3.05) is 44.8 Å². The van der Waals surface area contributed by atoms with Gasteiger partial charge in [-0.05, 0) is 73.5 Å². The quantitative estimate of drug-likeness (QED) is 0.341. The highest BCUT2D eigenvalue weighted by molar-refractivity contribution is 5.96. The molecule has 3 aromatic rings. The lowest BCUT2D eigenvalue weighted by Crippen LogP contribution is -2.48. The third-order valence-corrected chi connectivity index (χ3v) is 8.11. The summed E-state index contributed by atoms with van der Waals surface area (Å²) in [6.45, 7) is 6.48. The molecular weight excluding hydrogens is 549 g/mol. The zero-order chi connectivity index (χ0) is 30.5. The summed E-state index contributed by atoms with van der Waals surface area (Å²) < 4.78 is 24.2. The van der Waals surface area contributed by atoms with Gasteiger partial charge in [0.1, 0.15) is 11.6 Å². The molecule has 5 rings (SSSR count). The number of ether oxygens (including phenoxy) is 2. The first-order valence-electron chi connectivity index (χ1n) is 14.5. The maximum atomic E-state index is 13.6. The van der Waals surface area contributed by atoms with Crippen LogP contribution in [0.25, 0.3) is 0 Å². The molecule has 1 atom stereocenters. The molecule has 2 aliphatic rings. The largest absolute Gasteiger partial charge is 0.497 e. The molecular formula is C34H36FN3O5. The van der Waals surface area contributed by atoms with Crippen LogP contribution in [0.1, 0.15) is 47.7 Å². The number of rotatable bonds is 8. The first-order valence-corrected chi connectivity index (χ1v) is 14.5. The molecule has 0 radical (unpaired) electrons. The minimum absolute atomic E-state index is 0.0498. The molecule has 1 unspecified atom stereocenters. The Kier molecular flexibility index (Phi) is 9.09. The molecule has 0 aliphatic carbocycles. The number of carbonyl (C=O) groups excluding carboxylic acids is 3. The molecule has 0 saturated carbocycles. The van der Waals surface area contributed by atoms with E-state index in [-0.39, 0.29) is 37.2 Å². The Morgan fingerprint density at radius 3 is 2.30 bits per heavy atom. The van der Waals surface area contributed by atoms with Crippen molar-refractivity contribution in [2.45, 2.75) is 32.7 Å². The minimum Gasteiger partial charge on any atom is -0.497 e. The van der Waals surface area contributed by atoms with Crippen molar-refractivity contribution >= 4 is 23.5 Å². The Balaban J connectivity index is 1.31. The van der Waals surface area contributed by atoms with Crippen molar-refractivity contribution in [3.63, 3.8) is 0 Å². The van der Waals surface area contributed by atoms with E-state index in [0.717, 1.165) is 30.1 Å². The Hall–Kier alpha value is -4.66. The van der Waals surface area contributed by atoms with E-state index in [4.69, 9.17) is 9.47 Å². The summed E-state index contributed by atoms with van der Waals surface area (Å²) in [6, 6.07) is 21.0. The lowest BCUT2D eigenvalue weighted by molar-refractivity contribution is -0.140. The smallest absolute Gasteiger partial charge is 0.336 e. The lowest BCUT2D eigenvalue weighted by Gasteiger charge is -2.36. The Bertz CT molecular complexity index is 1510. The van der Waals surface area contributed by atoms with Gasteiger partial charge in [0.2, 0.25) is 5.91 Å². The molecule has 0 bridgehead atoms. The normalized spacial score (nSPS) is 17.3. The number of allylic oxidation sites excluding steroid dienone is 1. The van der Waals surface area contributed by atoms with Crippen molar-refractivity contribution in [1.82, 2.24) is 9.80 Å². The van der Waals surface area contributed by atoms with Crippen molar-refractivity contribution < 1.29 is 28.2 Å². The predicted molar refractivity (Wildman–Crippen MR) is 161 cm³/mol. The van der Waals surface area contributed by atoms with Gasteiger partial charge in [-0.15, -0.1) is 0 Å². The van der Waals surface area contributed by atoms with E-state index < -0.39 is 11.9 Å². The van der Waals surface area contributed by atoms with Gasteiger partial charge in [0.25, 0.3) is 5.91 Å². The first-order chi connectivity index (χ1) is 20.8. The maximum Gasteiger partial charge on any atom is 0.336 e. The minimum atomic E-state index is -0.534. The molecule has 2 heterocycles. The van der Waals surface area contributed by atoms with Crippen molar-refractivity contribution in [2.24, 2.45) is 0 Å². The summed E-state index contributed by atoms with van der Waals surface area (Å²) in [5.41, 5.74) is 3.98. The van der Waals surface area contributed by atoms with Crippen LogP contribution in [0.2, 0.25) is 0 Å². The van der Waals surface area contributed by atoms with Crippen LogP contribution in [0.15, 0.2) is 84.1 Å². The van der Waals surface area contributed by atoms with Crippen molar-refractivity contribution in [3.05, 3.63) is 107 Å². The third kappa shape index (κ3) is 6.56.